The molecule has 0 aromatic rings. The molecule has 0 N–H and O–H groups in total. The van der Waals surface area contributed by atoms with Crippen LogP contribution in [0.2, 0.25) is 18.1 Å². The van der Waals surface area contributed by atoms with E-state index in [9.17, 15) is 0 Å². The Kier molecular flexibility index (Phi) is 5.16. The fraction of sp³-hybridized carbons (Fsp3) is 0.333. The SMILES string of the molecule is C=CC[Si]([Si])(CC=C)CC=C. The molecule has 0 saturated carbocycles. The molecule has 0 spiro atoms. The van der Waals surface area contributed by atoms with Crippen LogP contribution >= 0.6 is 0 Å². The summed E-state index contributed by atoms with van der Waals surface area (Å²) < 4.78 is 0. The van der Waals surface area contributed by atoms with Crippen molar-refractivity contribution < 1.29 is 0 Å². The summed E-state index contributed by atoms with van der Waals surface area (Å²) in [5.74, 6) is 0. The lowest BCUT2D eigenvalue weighted by Gasteiger charge is -2.22. The molecule has 0 aliphatic rings. The third-order valence-corrected chi connectivity index (χ3v) is 6.65. The molecule has 2 heteroatoms. The zero-order valence-corrected chi connectivity index (χ0v) is 8.97. The first-order valence-corrected chi connectivity index (χ1v) is 7.88. The Labute approximate surface area is 73.9 Å². The van der Waals surface area contributed by atoms with E-state index in [0.717, 1.165) is 18.1 Å². The predicted molar refractivity (Wildman–Crippen MR) is 56.5 cm³/mol. The van der Waals surface area contributed by atoms with E-state index < -0.39 is 7.59 Å². The van der Waals surface area contributed by atoms with E-state index in [1.54, 1.807) is 0 Å². The summed E-state index contributed by atoms with van der Waals surface area (Å²) in [6, 6.07) is 3.26. The Morgan fingerprint density at radius 1 is 0.909 bits per heavy atom. The van der Waals surface area contributed by atoms with Gasteiger partial charge in [0.15, 0.2) is 0 Å². The summed E-state index contributed by atoms with van der Waals surface area (Å²) in [5, 5.41) is 0. The number of allylic oxidation sites excluding steroid dienone is 3. The first kappa shape index (κ1) is 10.7. The molecule has 0 bridgehead atoms. The molecule has 59 valence electrons. The minimum atomic E-state index is -1.30. The van der Waals surface area contributed by atoms with Crippen LogP contribution in [0.3, 0.4) is 0 Å². The Bertz CT molecular complexity index is 123. The van der Waals surface area contributed by atoms with E-state index in [0.29, 0.717) is 0 Å². The van der Waals surface area contributed by atoms with E-state index >= 15 is 0 Å². The molecule has 0 saturated heterocycles. The topological polar surface area (TPSA) is 0 Å². The second kappa shape index (κ2) is 5.32. The smallest absolute Gasteiger partial charge is 0.0491 e. The van der Waals surface area contributed by atoms with Gasteiger partial charge in [0, 0.05) is 17.4 Å². The third-order valence-electron chi connectivity index (χ3n) is 1.61. The van der Waals surface area contributed by atoms with Crippen LogP contribution in [0.25, 0.3) is 0 Å². The van der Waals surface area contributed by atoms with Crippen molar-refractivity contribution in [1.82, 2.24) is 0 Å². The van der Waals surface area contributed by atoms with Gasteiger partial charge >= 0.3 is 0 Å². The molecule has 3 radical (unpaired) electrons. The van der Waals surface area contributed by atoms with E-state index in [1.807, 2.05) is 18.2 Å². The van der Waals surface area contributed by atoms with Gasteiger partial charge in [0.2, 0.25) is 0 Å². The zero-order chi connectivity index (χ0) is 8.74. The number of rotatable bonds is 6. The lowest BCUT2D eigenvalue weighted by Crippen LogP contribution is -2.32. The molecule has 0 unspecified atom stereocenters. The minimum Gasteiger partial charge on any atom is -0.103 e. The van der Waals surface area contributed by atoms with Crippen LogP contribution in [0.15, 0.2) is 38.0 Å². The average Bonchev–Trinajstić information content (AvgIpc) is 1.88. The van der Waals surface area contributed by atoms with E-state index in [-0.39, 0.29) is 0 Å². The van der Waals surface area contributed by atoms with Crippen molar-refractivity contribution in [3.63, 3.8) is 0 Å². The van der Waals surface area contributed by atoms with Gasteiger partial charge in [0.05, 0.1) is 0 Å². The zero-order valence-electron chi connectivity index (χ0n) is 6.97. The van der Waals surface area contributed by atoms with Crippen LogP contribution in [-0.2, 0) is 0 Å². The lowest BCUT2D eigenvalue weighted by molar-refractivity contribution is 1.42. The first-order chi connectivity index (χ1) is 5.18. The second-order valence-electron chi connectivity index (χ2n) is 2.76. The molecule has 0 amide bonds. The standard InChI is InChI=1S/C9H15Si2/c1-4-7-11(10,8-5-2)9-6-3/h4-6H,1-3,7-9H2. The maximum atomic E-state index is 3.84. The van der Waals surface area contributed by atoms with Gasteiger partial charge in [-0.25, -0.2) is 0 Å². The fourth-order valence-electron chi connectivity index (χ4n) is 1.08. The Balaban J connectivity index is 4.09. The quantitative estimate of drug-likeness (QED) is 0.434. The lowest BCUT2D eigenvalue weighted by atomic mass is 10.7. The minimum absolute atomic E-state index is 1.09. The van der Waals surface area contributed by atoms with Gasteiger partial charge in [-0.05, 0) is 18.1 Å². The van der Waals surface area contributed by atoms with Gasteiger partial charge in [-0.3, -0.25) is 0 Å². The summed E-state index contributed by atoms with van der Waals surface area (Å²) in [5.41, 5.74) is 0. The van der Waals surface area contributed by atoms with Gasteiger partial charge in [-0.1, -0.05) is 18.2 Å². The van der Waals surface area contributed by atoms with E-state index in [1.165, 1.54) is 0 Å². The second-order valence-corrected chi connectivity index (χ2v) is 9.73. The van der Waals surface area contributed by atoms with Gasteiger partial charge < -0.3 is 0 Å². The number of hydrogen-bond acceptors (Lipinski definition) is 0. The van der Waals surface area contributed by atoms with Crippen molar-refractivity contribution in [2.24, 2.45) is 0 Å². The molecule has 0 aliphatic heterocycles. The molecule has 0 aromatic carbocycles. The highest BCUT2D eigenvalue weighted by Crippen LogP contribution is 2.18. The van der Waals surface area contributed by atoms with Gasteiger partial charge in [0.1, 0.15) is 0 Å². The summed E-state index contributed by atoms with van der Waals surface area (Å²) >= 11 is 0. The highest BCUT2D eigenvalue weighted by molar-refractivity contribution is 7.17. The van der Waals surface area contributed by atoms with Crippen molar-refractivity contribution in [3.8, 4) is 0 Å². The molecule has 0 aromatic heterocycles. The molecule has 0 aliphatic carbocycles. The first-order valence-electron chi connectivity index (χ1n) is 3.76. The highest BCUT2D eigenvalue weighted by Gasteiger charge is 2.21. The molecule has 0 atom stereocenters. The van der Waals surface area contributed by atoms with Crippen LogP contribution in [0, 0.1) is 0 Å². The van der Waals surface area contributed by atoms with Crippen LogP contribution in [0.1, 0.15) is 0 Å². The van der Waals surface area contributed by atoms with Crippen molar-refractivity contribution in [3.05, 3.63) is 38.0 Å². The van der Waals surface area contributed by atoms with E-state index in [2.05, 4.69) is 29.5 Å². The number of hydrogen-bond donors (Lipinski definition) is 0. The summed E-state index contributed by atoms with van der Waals surface area (Å²) in [4.78, 5) is 0. The van der Waals surface area contributed by atoms with Crippen LogP contribution in [-0.4, -0.2) is 17.4 Å². The highest BCUT2D eigenvalue weighted by atomic mass is 29.2. The monoisotopic (exact) mass is 179 g/mol. The third kappa shape index (κ3) is 4.16. The average molecular weight is 179 g/mol. The molecule has 0 rings (SSSR count). The van der Waals surface area contributed by atoms with Crippen molar-refractivity contribution in [2.75, 3.05) is 0 Å². The van der Waals surface area contributed by atoms with Crippen molar-refractivity contribution in [2.45, 2.75) is 18.1 Å². The van der Waals surface area contributed by atoms with Crippen LogP contribution in [0.5, 0.6) is 0 Å². The fourth-order valence-corrected chi connectivity index (χ4v) is 4.54. The predicted octanol–water partition coefficient (Wildman–Crippen LogP) is 2.66. The van der Waals surface area contributed by atoms with Gasteiger partial charge in [-0.15, -0.1) is 19.7 Å². The maximum Gasteiger partial charge on any atom is 0.0491 e. The Hall–Kier alpha value is -0.346. The van der Waals surface area contributed by atoms with Crippen molar-refractivity contribution in [1.29, 1.82) is 0 Å². The summed E-state index contributed by atoms with van der Waals surface area (Å²) in [6.45, 7) is 11.2. The maximum absolute atomic E-state index is 3.84. The van der Waals surface area contributed by atoms with Crippen LogP contribution < -0.4 is 0 Å². The molecule has 0 fully saturated rings. The Morgan fingerprint density at radius 3 is 1.36 bits per heavy atom. The summed E-state index contributed by atoms with van der Waals surface area (Å²) in [6.07, 6.45) is 5.94. The van der Waals surface area contributed by atoms with Crippen LogP contribution in [0.4, 0.5) is 0 Å². The summed E-state index contributed by atoms with van der Waals surface area (Å²) in [7, 11) is 2.55. The molecule has 11 heavy (non-hydrogen) atoms. The molecule has 0 nitrogen and oxygen atoms in total. The molecule has 0 heterocycles. The normalized spacial score (nSPS) is 10.6. The molecular formula is C9H15Si2. The van der Waals surface area contributed by atoms with Gasteiger partial charge in [-0.2, -0.15) is 0 Å². The van der Waals surface area contributed by atoms with Gasteiger partial charge in [0.25, 0.3) is 0 Å². The largest absolute Gasteiger partial charge is 0.103 e. The van der Waals surface area contributed by atoms with E-state index in [4.69, 9.17) is 0 Å². The molecular weight excluding hydrogens is 164 g/mol. The van der Waals surface area contributed by atoms with Crippen molar-refractivity contribution >= 4 is 17.4 Å². The Morgan fingerprint density at radius 2 is 1.18 bits per heavy atom.